The van der Waals surface area contributed by atoms with Crippen molar-refractivity contribution in [2.24, 2.45) is 0 Å². The summed E-state index contributed by atoms with van der Waals surface area (Å²) in [4.78, 5) is 12.0. The van der Waals surface area contributed by atoms with Gasteiger partial charge in [-0.1, -0.05) is 48.2 Å². The van der Waals surface area contributed by atoms with Crippen molar-refractivity contribution in [2.75, 3.05) is 18.1 Å². The number of hydrogen-bond acceptors (Lipinski definition) is 6. The minimum absolute atomic E-state index is 0.0676. The van der Waals surface area contributed by atoms with Crippen molar-refractivity contribution in [3.63, 3.8) is 0 Å². The third-order valence-electron chi connectivity index (χ3n) is 4.21. The van der Waals surface area contributed by atoms with Crippen LogP contribution in [0, 0.1) is 13.8 Å². The molecule has 1 aromatic heterocycles. The van der Waals surface area contributed by atoms with Crippen LogP contribution < -0.4 is 15.9 Å². The van der Waals surface area contributed by atoms with Gasteiger partial charge in [0.1, 0.15) is 12.4 Å². The minimum atomic E-state index is -0.0676. The highest BCUT2D eigenvalue weighted by Crippen LogP contribution is 2.19. The van der Waals surface area contributed by atoms with Crippen LogP contribution in [0.2, 0.25) is 0 Å². The van der Waals surface area contributed by atoms with Crippen LogP contribution in [0.4, 0.5) is 0 Å². The van der Waals surface area contributed by atoms with Gasteiger partial charge in [0.25, 0.3) is 0 Å². The fourth-order valence-corrected chi connectivity index (χ4v) is 3.55. The molecule has 1 amide bonds. The number of ether oxygens (including phenoxy) is 1. The number of carbonyl (C=O) groups is 1. The molecular formula is C21H25N5O2S. The highest BCUT2D eigenvalue weighted by molar-refractivity contribution is 7.99. The minimum Gasteiger partial charge on any atom is -0.486 e. The van der Waals surface area contributed by atoms with Crippen LogP contribution in [0.5, 0.6) is 5.75 Å². The number of amides is 1. The van der Waals surface area contributed by atoms with Gasteiger partial charge in [0, 0.05) is 6.54 Å². The van der Waals surface area contributed by atoms with Crippen molar-refractivity contribution in [1.29, 1.82) is 0 Å². The molecule has 0 spiro atoms. The predicted octanol–water partition coefficient (Wildman–Crippen LogP) is 2.64. The molecule has 8 heteroatoms. The molecule has 0 fully saturated rings. The molecule has 0 unspecified atom stereocenters. The number of hydrogen-bond donors (Lipinski definition) is 2. The third-order valence-corrected chi connectivity index (χ3v) is 5.15. The number of nitrogens with two attached hydrogens (primary N) is 1. The van der Waals surface area contributed by atoms with E-state index in [1.807, 2.05) is 56.3 Å². The van der Waals surface area contributed by atoms with Crippen LogP contribution in [0.3, 0.4) is 0 Å². The van der Waals surface area contributed by atoms with E-state index in [1.54, 1.807) is 0 Å². The number of aromatic nitrogens is 3. The van der Waals surface area contributed by atoms with Crippen molar-refractivity contribution < 1.29 is 9.53 Å². The maximum Gasteiger partial charge on any atom is 0.230 e. The summed E-state index contributed by atoms with van der Waals surface area (Å²) in [5.41, 5.74) is 3.45. The molecule has 3 N–H and O–H groups in total. The summed E-state index contributed by atoms with van der Waals surface area (Å²) in [6.45, 7) is 4.83. The number of benzene rings is 2. The average molecular weight is 412 g/mol. The van der Waals surface area contributed by atoms with E-state index in [1.165, 1.54) is 22.0 Å². The first-order valence-corrected chi connectivity index (χ1v) is 10.3. The lowest BCUT2D eigenvalue weighted by Crippen LogP contribution is -2.27. The van der Waals surface area contributed by atoms with Crippen molar-refractivity contribution in [1.82, 2.24) is 20.2 Å². The molecule has 0 saturated carbocycles. The van der Waals surface area contributed by atoms with E-state index in [2.05, 4.69) is 21.6 Å². The fraction of sp³-hybridized carbons (Fsp3) is 0.286. The molecule has 3 aromatic rings. The largest absolute Gasteiger partial charge is 0.486 e. The van der Waals surface area contributed by atoms with Crippen LogP contribution in [-0.2, 0) is 17.8 Å². The molecule has 0 radical (unpaired) electrons. The standard InChI is InChI=1S/C21H25N5O2S/c1-15-10-16(2)12-18(11-15)28-13-19-24-25-21(26(19)22)29-14-20(27)23-9-8-17-6-4-3-5-7-17/h3-7,10-12H,8-9,13-14,22H2,1-2H3,(H,23,27). The van der Waals surface area contributed by atoms with Crippen LogP contribution >= 0.6 is 11.8 Å². The smallest absolute Gasteiger partial charge is 0.230 e. The van der Waals surface area contributed by atoms with Crippen molar-refractivity contribution in [3.05, 3.63) is 71.0 Å². The normalized spacial score (nSPS) is 10.7. The Kier molecular flexibility index (Phi) is 7.13. The lowest BCUT2D eigenvalue weighted by Gasteiger charge is -2.08. The second kappa shape index (κ2) is 9.97. The summed E-state index contributed by atoms with van der Waals surface area (Å²) in [7, 11) is 0. The Morgan fingerprint density at radius 3 is 2.59 bits per heavy atom. The summed E-state index contributed by atoms with van der Waals surface area (Å²) in [6, 6.07) is 16.0. The van der Waals surface area contributed by atoms with Crippen molar-refractivity contribution in [2.45, 2.75) is 32.0 Å². The number of nitrogens with one attached hydrogen (secondary N) is 1. The Bertz CT molecular complexity index is 939. The van der Waals surface area contributed by atoms with Crippen LogP contribution in [0.1, 0.15) is 22.5 Å². The molecule has 29 heavy (non-hydrogen) atoms. The molecule has 0 saturated heterocycles. The Morgan fingerprint density at radius 1 is 1.14 bits per heavy atom. The molecule has 0 atom stereocenters. The van der Waals surface area contributed by atoms with Gasteiger partial charge in [0.05, 0.1) is 5.75 Å². The van der Waals surface area contributed by atoms with Gasteiger partial charge < -0.3 is 15.9 Å². The molecule has 0 aliphatic carbocycles. The van der Waals surface area contributed by atoms with Crippen LogP contribution in [0.25, 0.3) is 0 Å². The Hall–Kier alpha value is -3.00. The number of aryl methyl sites for hydroxylation is 2. The van der Waals surface area contributed by atoms with Gasteiger partial charge in [-0.3, -0.25) is 4.79 Å². The maximum absolute atomic E-state index is 12.0. The molecule has 0 bridgehead atoms. The molecule has 1 heterocycles. The lowest BCUT2D eigenvalue weighted by molar-refractivity contribution is -0.118. The number of rotatable bonds is 9. The Morgan fingerprint density at radius 2 is 1.86 bits per heavy atom. The Labute approximate surface area is 174 Å². The maximum atomic E-state index is 12.0. The quantitative estimate of drug-likeness (QED) is 0.415. The lowest BCUT2D eigenvalue weighted by atomic mass is 10.1. The van der Waals surface area contributed by atoms with Gasteiger partial charge in [-0.15, -0.1) is 10.2 Å². The predicted molar refractivity (Wildman–Crippen MR) is 114 cm³/mol. The molecule has 152 valence electrons. The molecule has 0 aliphatic rings. The molecule has 0 aliphatic heterocycles. The number of thioether (sulfide) groups is 1. The van der Waals surface area contributed by atoms with Gasteiger partial charge in [-0.05, 0) is 49.1 Å². The summed E-state index contributed by atoms with van der Waals surface area (Å²) < 4.78 is 7.14. The van der Waals surface area contributed by atoms with Crippen molar-refractivity contribution in [3.8, 4) is 5.75 Å². The molecular weight excluding hydrogens is 386 g/mol. The van der Waals surface area contributed by atoms with Crippen molar-refractivity contribution >= 4 is 17.7 Å². The zero-order valence-corrected chi connectivity index (χ0v) is 17.4. The van der Waals surface area contributed by atoms with E-state index in [0.717, 1.165) is 23.3 Å². The van der Waals surface area contributed by atoms with Gasteiger partial charge in [-0.2, -0.15) is 0 Å². The van der Waals surface area contributed by atoms with Gasteiger partial charge in [-0.25, -0.2) is 4.68 Å². The second-order valence-corrected chi connectivity index (χ2v) is 7.70. The second-order valence-electron chi connectivity index (χ2n) is 6.76. The number of nitrogen functional groups attached to an aromatic ring is 1. The molecule has 7 nitrogen and oxygen atoms in total. The van der Waals surface area contributed by atoms with Gasteiger partial charge in [0.15, 0.2) is 5.82 Å². The fourth-order valence-electron chi connectivity index (χ4n) is 2.84. The van der Waals surface area contributed by atoms with Gasteiger partial charge in [0.2, 0.25) is 11.1 Å². The summed E-state index contributed by atoms with van der Waals surface area (Å²) in [6.07, 6.45) is 0.796. The zero-order chi connectivity index (χ0) is 20.6. The SMILES string of the molecule is Cc1cc(C)cc(OCc2nnc(SCC(=O)NCCc3ccccc3)n2N)c1. The van der Waals surface area contributed by atoms with Crippen LogP contribution in [0.15, 0.2) is 53.7 Å². The van der Waals surface area contributed by atoms with E-state index >= 15 is 0 Å². The summed E-state index contributed by atoms with van der Waals surface area (Å²) in [5.74, 6) is 7.46. The van der Waals surface area contributed by atoms with E-state index in [4.69, 9.17) is 10.6 Å². The summed E-state index contributed by atoms with van der Waals surface area (Å²) >= 11 is 1.25. The average Bonchev–Trinajstić information content (AvgIpc) is 3.04. The monoisotopic (exact) mass is 411 g/mol. The third kappa shape index (κ3) is 6.25. The van der Waals surface area contributed by atoms with E-state index < -0.39 is 0 Å². The highest BCUT2D eigenvalue weighted by Gasteiger charge is 2.13. The zero-order valence-electron chi connectivity index (χ0n) is 16.6. The van der Waals surface area contributed by atoms with E-state index in [0.29, 0.717) is 17.5 Å². The highest BCUT2D eigenvalue weighted by atomic mass is 32.2. The molecule has 3 rings (SSSR count). The number of carbonyl (C=O) groups excluding carboxylic acids is 1. The first-order chi connectivity index (χ1) is 14.0. The van der Waals surface area contributed by atoms with Crippen LogP contribution in [-0.4, -0.2) is 33.1 Å². The summed E-state index contributed by atoms with van der Waals surface area (Å²) in [5, 5.41) is 11.5. The van der Waals surface area contributed by atoms with Gasteiger partial charge >= 0.3 is 0 Å². The van der Waals surface area contributed by atoms with E-state index in [9.17, 15) is 4.79 Å². The molecule has 2 aromatic carbocycles. The Balaban J connectivity index is 1.44. The van der Waals surface area contributed by atoms with E-state index in [-0.39, 0.29) is 18.3 Å². The number of nitrogens with zero attached hydrogens (tertiary/aromatic N) is 3. The first kappa shape index (κ1) is 20.7. The topological polar surface area (TPSA) is 95.1 Å². The first-order valence-electron chi connectivity index (χ1n) is 9.35.